The zero-order chi connectivity index (χ0) is 48.4. The van der Waals surface area contributed by atoms with Gasteiger partial charge < -0.3 is 80.9 Å². The molecule has 0 spiro atoms. The minimum absolute atomic E-state index is 0.107. The molecule has 65 heavy (non-hydrogen) atoms. The van der Waals surface area contributed by atoms with Crippen molar-refractivity contribution in [3.63, 3.8) is 0 Å². The van der Waals surface area contributed by atoms with Crippen molar-refractivity contribution in [1.29, 1.82) is 0 Å². The molecule has 368 valence electrons. The molecule has 0 aromatic heterocycles. The molecule has 0 aliphatic carbocycles. The second-order valence-corrected chi connectivity index (χ2v) is 17.6. The summed E-state index contributed by atoms with van der Waals surface area (Å²) in [4.78, 5) is 25.1. The van der Waals surface area contributed by atoms with E-state index in [1.807, 2.05) is 19.1 Å². The van der Waals surface area contributed by atoms with E-state index in [-0.39, 0.29) is 31.6 Å². The third kappa shape index (κ3) is 18.6. The van der Waals surface area contributed by atoms with Gasteiger partial charge in [-0.1, -0.05) is 98.9 Å². The van der Waals surface area contributed by atoms with E-state index in [9.17, 15) is 65.8 Å². The summed E-state index contributed by atoms with van der Waals surface area (Å²) in [7, 11) is 0. The largest absolute Gasteiger partial charge is 0.481 e. The first kappa shape index (κ1) is 55.9. The van der Waals surface area contributed by atoms with Crippen molar-refractivity contribution in [2.75, 3.05) is 0 Å². The SMILES string of the molecule is CC1OC(O[C@H]2C=CC=CC=CC=CC=CC=CC=C[C@H](C)[C@@H](O)[C@@H](C)[C@H](C)OC(=O)C[C@H](O)C[C@H](O)CC[C@@H](O)[C@H](O)C[C@H](O)C[C@]3(O)C[C@H](O)C(C(=O)O)[C@H](C2)O3)C(O)C(N)C1O. The Kier molecular flexibility index (Phi) is 23.6. The van der Waals surface area contributed by atoms with Gasteiger partial charge in [0, 0.05) is 37.5 Å². The highest BCUT2D eigenvalue weighted by Gasteiger charge is 2.51. The number of carbonyl (C=O) groups is 2. The number of nitrogens with two attached hydrogens (primary N) is 1. The molecule has 3 rings (SSSR count). The fourth-order valence-electron chi connectivity index (χ4n) is 7.97. The third-order valence-electron chi connectivity index (χ3n) is 12.0. The maximum atomic E-state index is 12.6. The predicted molar refractivity (Wildman–Crippen MR) is 237 cm³/mol. The first-order valence-corrected chi connectivity index (χ1v) is 22.3. The molecule has 19 atom stereocenters. The highest BCUT2D eigenvalue weighted by molar-refractivity contribution is 5.71. The van der Waals surface area contributed by atoms with E-state index in [2.05, 4.69) is 0 Å². The molecule has 0 radical (unpaired) electrons. The van der Waals surface area contributed by atoms with E-state index in [0.717, 1.165) is 0 Å². The second-order valence-electron chi connectivity index (χ2n) is 17.6. The van der Waals surface area contributed by atoms with Crippen LogP contribution in [0.15, 0.2) is 85.1 Å². The molecule has 0 saturated carbocycles. The van der Waals surface area contributed by atoms with E-state index in [1.165, 1.54) is 13.0 Å². The number of ether oxygens (including phenoxy) is 4. The molecule has 0 aromatic rings. The van der Waals surface area contributed by atoms with Gasteiger partial charge in [0.05, 0.1) is 79.6 Å². The predicted octanol–water partition coefficient (Wildman–Crippen LogP) is 0.712. The summed E-state index contributed by atoms with van der Waals surface area (Å²) < 4.78 is 23.1. The van der Waals surface area contributed by atoms with Crippen LogP contribution >= 0.6 is 0 Å². The zero-order valence-corrected chi connectivity index (χ0v) is 37.6. The average Bonchev–Trinajstić information content (AvgIpc) is 3.21. The maximum absolute atomic E-state index is 12.6. The Bertz CT molecular complexity index is 1670. The van der Waals surface area contributed by atoms with Crippen LogP contribution < -0.4 is 5.73 Å². The van der Waals surface area contributed by atoms with Crippen molar-refractivity contribution in [3.8, 4) is 0 Å². The molecule has 0 amide bonds. The normalized spacial score (nSPS) is 42.0. The number of aliphatic hydroxyl groups is 10. The van der Waals surface area contributed by atoms with Gasteiger partial charge in [0.1, 0.15) is 18.1 Å². The van der Waals surface area contributed by atoms with E-state index < -0.39 is 147 Å². The summed E-state index contributed by atoms with van der Waals surface area (Å²) in [6, 6.07) is -1.15. The van der Waals surface area contributed by atoms with Crippen LogP contribution in [0.5, 0.6) is 0 Å². The lowest BCUT2D eigenvalue weighted by Crippen LogP contribution is -2.61. The number of aliphatic carboxylic acids is 1. The number of fused-ring (bicyclic) bond motifs is 2. The number of hydrogen-bond donors (Lipinski definition) is 12. The van der Waals surface area contributed by atoms with Crippen molar-refractivity contribution in [3.05, 3.63) is 85.1 Å². The van der Waals surface area contributed by atoms with Gasteiger partial charge in [-0.2, -0.15) is 0 Å². The molecule has 6 unspecified atom stereocenters. The first-order valence-electron chi connectivity index (χ1n) is 22.3. The van der Waals surface area contributed by atoms with Gasteiger partial charge in [0.25, 0.3) is 0 Å². The topological polar surface area (TPSA) is 320 Å². The van der Waals surface area contributed by atoms with E-state index >= 15 is 0 Å². The van der Waals surface area contributed by atoms with Crippen molar-refractivity contribution in [2.45, 2.75) is 177 Å². The number of carboxylic acid groups (broad SMARTS) is 1. The molecule has 2 saturated heterocycles. The van der Waals surface area contributed by atoms with Crippen LogP contribution in [0, 0.1) is 17.8 Å². The van der Waals surface area contributed by atoms with Gasteiger partial charge in [-0.25, -0.2) is 0 Å². The number of carbonyl (C=O) groups excluding carboxylic acids is 1. The zero-order valence-electron chi connectivity index (χ0n) is 37.6. The summed E-state index contributed by atoms with van der Waals surface area (Å²) in [5.41, 5.74) is 6.02. The Hall–Kier alpha value is -3.44. The van der Waals surface area contributed by atoms with Gasteiger partial charge in [0.2, 0.25) is 0 Å². The minimum Gasteiger partial charge on any atom is -0.481 e. The fraction of sp³-hybridized carbons (Fsp3) is 0.660. The monoisotopic (exact) mass is 923 g/mol. The van der Waals surface area contributed by atoms with Gasteiger partial charge in [0.15, 0.2) is 12.1 Å². The molecule has 13 N–H and O–H groups in total. The number of rotatable bonds is 3. The first-order chi connectivity index (χ1) is 30.6. The summed E-state index contributed by atoms with van der Waals surface area (Å²) in [6.45, 7) is 6.74. The molecule has 3 aliphatic rings. The van der Waals surface area contributed by atoms with Crippen LogP contribution in [0.1, 0.15) is 79.1 Å². The summed E-state index contributed by atoms with van der Waals surface area (Å²) >= 11 is 0. The molecular weight excluding hydrogens is 851 g/mol. The average molecular weight is 924 g/mol. The number of aliphatic hydroxyl groups excluding tert-OH is 9. The molecule has 0 aromatic carbocycles. The van der Waals surface area contributed by atoms with E-state index in [4.69, 9.17) is 24.7 Å². The van der Waals surface area contributed by atoms with Crippen molar-refractivity contribution in [1.82, 2.24) is 0 Å². The van der Waals surface area contributed by atoms with Crippen LogP contribution in [0.25, 0.3) is 0 Å². The molecular formula is C47H73NO17. The van der Waals surface area contributed by atoms with Crippen LogP contribution in [0.3, 0.4) is 0 Å². The Morgan fingerprint density at radius 1 is 0.662 bits per heavy atom. The van der Waals surface area contributed by atoms with Gasteiger partial charge in [-0.05, 0) is 33.1 Å². The standard InChI is InChI=1S/C47H73NO17/c1-27-17-15-13-11-9-7-5-6-8-10-12-14-16-18-34(64-46-44(58)41(48)43(57)30(4)63-46)24-38-40(45(59)60)37(54)26-47(61,65-38)25-33(51)22-36(53)35(52)20-19-31(49)21-32(50)23-39(55)62-29(3)28(2)42(27)56/h5-18,27-38,40-44,46,49-54,56-58,61H,19-26,48H2,1-4H3,(H,59,60)/t27-,28-,29-,30?,31+,32+,33-,34-,35+,36+,37-,38-,40?,41?,42+,43?,44?,46?,47+/m0/s1. The Balaban J connectivity index is 1.86. The molecule has 3 heterocycles. The number of allylic oxidation sites excluding steroid dienone is 12. The quantitative estimate of drug-likeness (QED) is 0.174. The summed E-state index contributed by atoms with van der Waals surface area (Å²) in [5, 5.41) is 118. The highest BCUT2D eigenvalue weighted by atomic mass is 16.7. The summed E-state index contributed by atoms with van der Waals surface area (Å²) in [6.07, 6.45) is 3.46. The molecule has 3 aliphatic heterocycles. The molecule has 2 fully saturated rings. The van der Waals surface area contributed by atoms with Crippen LogP contribution in [0.2, 0.25) is 0 Å². The number of hydrogen-bond acceptors (Lipinski definition) is 17. The molecule has 18 nitrogen and oxygen atoms in total. The summed E-state index contributed by atoms with van der Waals surface area (Å²) in [5.74, 6) is -6.83. The van der Waals surface area contributed by atoms with Gasteiger partial charge in [-0.3, -0.25) is 9.59 Å². The lowest BCUT2D eigenvalue weighted by atomic mass is 9.82. The lowest BCUT2D eigenvalue weighted by molar-refractivity contribution is -0.308. The van der Waals surface area contributed by atoms with Gasteiger partial charge in [-0.15, -0.1) is 0 Å². The van der Waals surface area contributed by atoms with E-state index in [0.29, 0.717) is 0 Å². The van der Waals surface area contributed by atoms with E-state index in [1.54, 1.807) is 80.7 Å². The van der Waals surface area contributed by atoms with Crippen LogP contribution in [-0.2, 0) is 28.5 Å². The molecule has 18 heteroatoms. The Labute approximate surface area is 381 Å². The lowest BCUT2D eigenvalue weighted by Gasteiger charge is -2.45. The maximum Gasteiger partial charge on any atom is 0.311 e. The fourth-order valence-corrected chi connectivity index (χ4v) is 7.97. The second kappa shape index (κ2) is 27.4. The van der Waals surface area contributed by atoms with Crippen LogP contribution in [0.4, 0.5) is 0 Å². The Morgan fingerprint density at radius 3 is 1.82 bits per heavy atom. The van der Waals surface area contributed by atoms with Crippen molar-refractivity contribution < 1.29 is 84.7 Å². The Morgan fingerprint density at radius 2 is 1.23 bits per heavy atom. The van der Waals surface area contributed by atoms with Crippen molar-refractivity contribution >= 4 is 11.9 Å². The van der Waals surface area contributed by atoms with Gasteiger partial charge >= 0.3 is 11.9 Å². The highest BCUT2D eigenvalue weighted by Crippen LogP contribution is 2.38. The van der Waals surface area contributed by atoms with Crippen molar-refractivity contribution in [2.24, 2.45) is 23.5 Å². The minimum atomic E-state index is -2.33. The third-order valence-corrected chi connectivity index (χ3v) is 12.0. The molecule has 2 bridgehead atoms. The number of carboxylic acids is 1. The number of cyclic esters (lactones) is 1. The van der Waals surface area contributed by atoms with Crippen LogP contribution in [-0.4, -0.2) is 166 Å². The smallest absolute Gasteiger partial charge is 0.311 e. The number of esters is 1.